The van der Waals surface area contributed by atoms with Crippen molar-refractivity contribution in [1.82, 2.24) is 15.5 Å². The highest BCUT2D eigenvalue weighted by molar-refractivity contribution is 6.04. The molecule has 0 aromatic carbocycles. The van der Waals surface area contributed by atoms with Gasteiger partial charge in [-0.3, -0.25) is 14.5 Å². The molecule has 3 rings (SSSR count). The molecule has 2 aliphatic rings. The third-order valence-electron chi connectivity index (χ3n) is 5.13. The van der Waals surface area contributed by atoms with E-state index in [1.165, 1.54) is 25.5 Å². The van der Waals surface area contributed by atoms with E-state index in [0.717, 1.165) is 30.6 Å². The van der Waals surface area contributed by atoms with E-state index < -0.39 is 12.1 Å². The molecule has 4 amide bonds. The van der Waals surface area contributed by atoms with E-state index in [9.17, 15) is 14.4 Å². The molecule has 2 fully saturated rings. The minimum absolute atomic E-state index is 0.0397. The van der Waals surface area contributed by atoms with E-state index in [1.807, 2.05) is 0 Å². The van der Waals surface area contributed by atoms with Gasteiger partial charge in [0, 0.05) is 12.5 Å². The lowest BCUT2D eigenvalue weighted by Gasteiger charge is -2.21. The molecule has 0 unspecified atom stereocenters. The van der Waals surface area contributed by atoms with Crippen molar-refractivity contribution in [3.8, 4) is 0 Å². The summed E-state index contributed by atoms with van der Waals surface area (Å²) < 4.78 is 5.19. The van der Waals surface area contributed by atoms with Crippen molar-refractivity contribution in [2.75, 3.05) is 0 Å². The maximum Gasteiger partial charge on any atom is 0.325 e. The average molecular weight is 361 g/mol. The van der Waals surface area contributed by atoms with Crippen LogP contribution < -0.4 is 10.6 Å². The number of furan rings is 1. The number of nitrogens with zero attached hydrogens (tertiary/aromatic N) is 1. The largest absolute Gasteiger partial charge is 0.467 e. The maximum atomic E-state index is 12.4. The SMILES string of the molecule is O=C(CC[C@@H]1NC(=O)N(Cc2ccco2)C1=O)NC1CCCCCCC1. The van der Waals surface area contributed by atoms with Crippen LogP contribution in [0, 0.1) is 0 Å². The Morgan fingerprint density at radius 1 is 1.19 bits per heavy atom. The molecule has 2 heterocycles. The van der Waals surface area contributed by atoms with Crippen LogP contribution in [0.4, 0.5) is 4.79 Å². The van der Waals surface area contributed by atoms with Gasteiger partial charge in [-0.05, 0) is 31.4 Å². The number of imide groups is 1. The number of hydrogen-bond donors (Lipinski definition) is 2. The molecular weight excluding hydrogens is 334 g/mol. The van der Waals surface area contributed by atoms with E-state index in [0.29, 0.717) is 12.2 Å². The summed E-state index contributed by atoms with van der Waals surface area (Å²) in [6.07, 6.45) is 10.2. The second-order valence-electron chi connectivity index (χ2n) is 7.15. The Bertz CT molecular complexity index is 621. The average Bonchev–Trinajstić information content (AvgIpc) is 3.19. The second-order valence-corrected chi connectivity index (χ2v) is 7.15. The standard InChI is InChI=1S/C19H27N3O4/c23-17(20-14-7-4-2-1-3-5-8-14)11-10-16-18(24)22(19(25)21-16)13-15-9-6-12-26-15/h6,9,12,14,16H,1-5,7-8,10-11,13H2,(H,20,23)(H,21,25)/t16-/m0/s1. The Morgan fingerprint density at radius 2 is 1.92 bits per heavy atom. The van der Waals surface area contributed by atoms with Crippen molar-refractivity contribution < 1.29 is 18.8 Å². The highest BCUT2D eigenvalue weighted by Gasteiger charge is 2.38. The number of hydrogen-bond acceptors (Lipinski definition) is 4. The second kappa shape index (κ2) is 8.87. The molecule has 26 heavy (non-hydrogen) atoms. The summed E-state index contributed by atoms with van der Waals surface area (Å²) in [6, 6.07) is 2.60. The zero-order valence-corrected chi connectivity index (χ0v) is 15.0. The molecule has 7 heteroatoms. The molecule has 1 aromatic heterocycles. The van der Waals surface area contributed by atoms with E-state index in [1.54, 1.807) is 12.1 Å². The molecule has 1 saturated heterocycles. The smallest absolute Gasteiger partial charge is 0.325 e. The van der Waals surface area contributed by atoms with Crippen LogP contribution in [-0.4, -0.2) is 34.8 Å². The predicted octanol–water partition coefficient (Wildman–Crippen LogP) is 2.71. The lowest BCUT2D eigenvalue weighted by atomic mass is 9.96. The highest BCUT2D eigenvalue weighted by atomic mass is 16.3. The Kier molecular flexibility index (Phi) is 6.30. The van der Waals surface area contributed by atoms with Gasteiger partial charge >= 0.3 is 6.03 Å². The molecule has 0 radical (unpaired) electrons. The van der Waals surface area contributed by atoms with Crippen LogP contribution in [-0.2, 0) is 16.1 Å². The summed E-state index contributed by atoms with van der Waals surface area (Å²) in [5, 5.41) is 5.75. The van der Waals surface area contributed by atoms with Crippen LogP contribution in [0.5, 0.6) is 0 Å². The van der Waals surface area contributed by atoms with Gasteiger partial charge in [0.25, 0.3) is 5.91 Å². The van der Waals surface area contributed by atoms with Crippen LogP contribution >= 0.6 is 0 Å². The van der Waals surface area contributed by atoms with Crippen LogP contribution in [0.1, 0.15) is 63.5 Å². The molecule has 1 saturated carbocycles. The van der Waals surface area contributed by atoms with Gasteiger partial charge in [0.15, 0.2) is 0 Å². The molecule has 0 spiro atoms. The molecular formula is C19H27N3O4. The summed E-state index contributed by atoms with van der Waals surface area (Å²) in [4.78, 5) is 37.8. The Morgan fingerprint density at radius 3 is 2.62 bits per heavy atom. The van der Waals surface area contributed by atoms with E-state index >= 15 is 0 Å². The van der Waals surface area contributed by atoms with Crippen molar-refractivity contribution in [1.29, 1.82) is 0 Å². The van der Waals surface area contributed by atoms with E-state index in [4.69, 9.17) is 4.42 Å². The minimum atomic E-state index is -0.638. The Labute approximate surface area is 153 Å². The minimum Gasteiger partial charge on any atom is -0.467 e. The number of carbonyl (C=O) groups is 3. The van der Waals surface area contributed by atoms with Gasteiger partial charge < -0.3 is 15.1 Å². The summed E-state index contributed by atoms with van der Waals surface area (Å²) in [5.41, 5.74) is 0. The molecule has 0 bridgehead atoms. The number of rotatable bonds is 6. The number of carbonyl (C=O) groups excluding carboxylic acids is 3. The summed E-state index contributed by atoms with van der Waals surface area (Å²) in [7, 11) is 0. The van der Waals surface area contributed by atoms with Crippen molar-refractivity contribution in [3.05, 3.63) is 24.2 Å². The van der Waals surface area contributed by atoms with E-state index in [2.05, 4.69) is 10.6 Å². The molecule has 1 aliphatic heterocycles. The molecule has 7 nitrogen and oxygen atoms in total. The van der Waals surface area contributed by atoms with Gasteiger partial charge in [0.05, 0.1) is 12.8 Å². The van der Waals surface area contributed by atoms with E-state index in [-0.39, 0.29) is 30.8 Å². The van der Waals surface area contributed by atoms with Gasteiger partial charge in [-0.25, -0.2) is 4.79 Å². The van der Waals surface area contributed by atoms with Gasteiger partial charge in [0.2, 0.25) is 5.91 Å². The number of urea groups is 1. The molecule has 1 aromatic rings. The highest BCUT2D eigenvalue weighted by Crippen LogP contribution is 2.18. The Balaban J connectivity index is 1.44. The van der Waals surface area contributed by atoms with Crippen molar-refractivity contribution in [2.45, 2.75) is 76.4 Å². The fourth-order valence-corrected chi connectivity index (χ4v) is 3.66. The first kappa shape index (κ1) is 18.5. The zero-order valence-electron chi connectivity index (χ0n) is 15.0. The Hall–Kier alpha value is -2.31. The molecule has 1 aliphatic carbocycles. The summed E-state index contributed by atoms with van der Waals surface area (Å²) >= 11 is 0. The van der Waals surface area contributed by atoms with Gasteiger partial charge in [-0.15, -0.1) is 0 Å². The van der Waals surface area contributed by atoms with Crippen LogP contribution in [0.2, 0.25) is 0 Å². The monoisotopic (exact) mass is 361 g/mol. The normalized spacial score (nSPS) is 22.0. The first-order chi connectivity index (χ1) is 12.6. The quantitative estimate of drug-likeness (QED) is 0.762. The van der Waals surface area contributed by atoms with Crippen molar-refractivity contribution in [3.63, 3.8) is 0 Å². The van der Waals surface area contributed by atoms with Gasteiger partial charge in [-0.2, -0.15) is 0 Å². The van der Waals surface area contributed by atoms with Crippen LogP contribution in [0.25, 0.3) is 0 Å². The summed E-state index contributed by atoms with van der Waals surface area (Å²) in [5.74, 6) is 0.212. The molecule has 1 atom stereocenters. The molecule has 142 valence electrons. The third-order valence-corrected chi connectivity index (χ3v) is 5.13. The first-order valence-electron chi connectivity index (χ1n) is 9.57. The lowest BCUT2D eigenvalue weighted by molar-refractivity contribution is -0.128. The van der Waals surface area contributed by atoms with Gasteiger partial charge in [-0.1, -0.05) is 32.1 Å². The topological polar surface area (TPSA) is 91.7 Å². The van der Waals surface area contributed by atoms with Crippen molar-refractivity contribution >= 4 is 17.8 Å². The number of nitrogens with one attached hydrogen (secondary N) is 2. The zero-order chi connectivity index (χ0) is 18.4. The lowest BCUT2D eigenvalue weighted by Crippen LogP contribution is -2.37. The van der Waals surface area contributed by atoms with Crippen LogP contribution in [0.15, 0.2) is 22.8 Å². The fourth-order valence-electron chi connectivity index (χ4n) is 3.66. The van der Waals surface area contributed by atoms with Gasteiger partial charge in [0.1, 0.15) is 11.8 Å². The predicted molar refractivity (Wildman–Crippen MR) is 95.1 cm³/mol. The summed E-state index contributed by atoms with van der Waals surface area (Å²) in [6.45, 7) is 0.114. The third kappa shape index (κ3) is 4.86. The fraction of sp³-hybridized carbons (Fsp3) is 0.632. The maximum absolute atomic E-state index is 12.4. The van der Waals surface area contributed by atoms with Crippen molar-refractivity contribution in [2.24, 2.45) is 0 Å². The first-order valence-corrected chi connectivity index (χ1v) is 9.57. The van der Waals surface area contributed by atoms with Crippen LogP contribution in [0.3, 0.4) is 0 Å². The number of amides is 4. The molecule has 2 N–H and O–H groups in total.